The number of aromatic nitrogens is 3. The van der Waals surface area contributed by atoms with E-state index in [1.54, 1.807) is 24.2 Å². The summed E-state index contributed by atoms with van der Waals surface area (Å²) in [6.07, 6.45) is 10.3. The fourth-order valence-electron chi connectivity index (χ4n) is 4.92. The van der Waals surface area contributed by atoms with E-state index in [0.29, 0.717) is 17.5 Å². The van der Waals surface area contributed by atoms with Crippen LogP contribution in [0.15, 0.2) is 41.7 Å². The number of amides is 2. The molecule has 0 spiro atoms. The Kier molecular flexibility index (Phi) is 6.88. The van der Waals surface area contributed by atoms with Crippen molar-refractivity contribution in [1.29, 1.82) is 0 Å². The van der Waals surface area contributed by atoms with E-state index in [1.165, 1.54) is 30.0 Å². The number of methoxy groups -OCH3 is 1. The molecule has 1 N–H and O–H groups in total. The van der Waals surface area contributed by atoms with Gasteiger partial charge in [0.2, 0.25) is 15.9 Å². The molecule has 3 aliphatic carbocycles. The Balaban J connectivity index is 0.00000267. The van der Waals surface area contributed by atoms with Crippen molar-refractivity contribution in [3.8, 4) is 17.0 Å². The van der Waals surface area contributed by atoms with E-state index in [2.05, 4.69) is 26.2 Å². The van der Waals surface area contributed by atoms with E-state index in [-0.39, 0.29) is 40.6 Å². The molecule has 3 aliphatic rings. The molecule has 11 heteroatoms. The average Bonchev–Trinajstić information content (AvgIpc) is 3.77. The van der Waals surface area contributed by atoms with Gasteiger partial charge in [0.25, 0.3) is 0 Å². The minimum absolute atomic E-state index is 0. The van der Waals surface area contributed by atoms with E-state index in [1.807, 2.05) is 12.1 Å². The summed E-state index contributed by atoms with van der Waals surface area (Å²) in [7, 11) is -2.67. The number of rotatable bonds is 7. The number of nitrogens with zero attached hydrogens (tertiary/aromatic N) is 4. The van der Waals surface area contributed by atoms with Gasteiger partial charge in [0.15, 0.2) is 11.1 Å². The number of fused-ring (bicyclic) bond motifs is 1. The second-order valence-corrected chi connectivity index (χ2v) is 11.0. The van der Waals surface area contributed by atoms with Crippen LogP contribution in [0.1, 0.15) is 60.8 Å². The van der Waals surface area contributed by atoms with E-state index in [9.17, 15) is 13.2 Å². The first-order chi connectivity index (χ1) is 16.9. The number of nitrogens with one attached hydrogen (secondary N) is 1. The van der Waals surface area contributed by atoms with Gasteiger partial charge in [-0.05, 0) is 96.5 Å². The second kappa shape index (κ2) is 9.81. The van der Waals surface area contributed by atoms with E-state index in [4.69, 9.17) is 4.74 Å². The summed E-state index contributed by atoms with van der Waals surface area (Å²) in [5.41, 5.74) is 5.96. The molecule has 0 saturated heterocycles. The first-order valence-corrected chi connectivity index (χ1v) is 13.4. The van der Waals surface area contributed by atoms with Crippen molar-refractivity contribution < 1.29 is 47.5 Å². The molecule has 2 amide bonds. The number of hydrogen-bond acceptors (Lipinski definition) is 6. The molecule has 1 aromatic carbocycles. The minimum atomic E-state index is -4.23. The molecule has 2 fully saturated rings. The van der Waals surface area contributed by atoms with Crippen molar-refractivity contribution in [2.24, 2.45) is 0 Å². The van der Waals surface area contributed by atoms with Gasteiger partial charge in [-0.15, -0.1) is 0 Å². The Morgan fingerprint density at radius 1 is 1.14 bits per heavy atom. The van der Waals surface area contributed by atoms with Gasteiger partial charge < -0.3 is 14.8 Å². The molecule has 9 nitrogen and oxygen atoms in total. The zero-order valence-corrected chi connectivity index (χ0v) is 23.2. The number of carbonyl (C=O) groups excluding carboxylic acids is 1. The number of sulfonamides is 1. The number of anilines is 1. The molecule has 0 bridgehead atoms. The predicted molar refractivity (Wildman–Crippen MR) is 130 cm³/mol. The molecule has 2 aromatic heterocycles. The van der Waals surface area contributed by atoms with Crippen molar-refractivity contribution in [3.05, 3.63) is 58.1 Å². The molecule has 0 atom stereocenters. The Bertz CT molecular complexity index is 1430. The summed E-state index contributed by atoms with van der Waals surface area (Å²) in [5, 5.41) is 6.72. The molecular formula is C25H26N5NaO4S. The predicted octanol–water partition coefficient (Wildman–Crippen LogP) is 1.95. The van der Waals surface area contributed by atoms with Gasteiger partial charge in [-0.1, -0.05) is 6.07 Å². The van der Waals surface area contributed by atoms with Gasteiger partial charge in [-0.3, -0.25) is 9.48 Å². The molecule has 0 radical (unpaired) electrons. The average molecular weight is 516 g/mol. The second-order valence-electron chi connectivity index (χ2n) is 9.42. The number of benzene rings is 1. The van der Waals surface area contributed by atoms with E-state index in [0.717, 1.165) is 48.8 Å². The summed E-state index contributed by atoms with van der Waals surface area (Å²) in [5.74, 6) is 1.01. The summed E-state index contributed by atoms with van der Waals surface area (Å²) >= 11 is 0. The van der Waals surface area contributed by atoms with Crippen molar-refractivity contribution in [1.82, 2.24) is 14.8 Å². The summed E-state index contributed by atoms with van der Waals surface area (Å²) in [6.45, 7) is 0. The molecule has 0 aliphatic heterocycles. The van der Waals surface area contributed by atoms with Crippen LogP contribution in [0, 0.1) is 0 Å². The maximum absolute atomic E-state index is 13.0. The third-order valence-corrected chi connectivity index (χ3v) is 8.07. The van der Waals surface area contributed by atoms with Crippen LogP contribution in [0.3, 0.4) is 0 Å². The van der Waals surface area contributed by atoms with Crippen LogP contribution < -0.4 is 39.6 Å². The molecule has 2 heterocycles. The van der Waals surface area contributed by atoms with Crippen LogP contribution in [-0.4, -0.2) is 36.3 Å². The van der Waals surface area contributed by atoms with Crippen LogP contribution in [0.25, 0.3) is 15.8 Å². The number of ether oxygens (including phenoxy) is 1. The molecule has 0 unspecified atom stereocenters. The zero-order chi connectivity index (χ0) is 24.2. The SMILES string of the molecule is COc1cc(-c2cc(C3CC3)c3c(c2NC(=O)[N-]S(=O)(=O)c2ccn(C4CC4)n2)CCC3)ccn1.[Na+]. The van der Waals surface area contributed by atoms with E-state index < -0.39 is 16.1 Å². The van der Waals surface area contributed by atoms with Gasteiger partial charge in [0.05, 0.1) is 13.2 Å². The minimum Gasteiger partial charge on any atom is -0.481 e. The Hall–Kier alpha value is -2.40. The first kappa shape index (κ1) is 25.3. The van der Waals surface area contributed by atoms with Crippen LogP contribution in [0.4, 0.5) is 10.5 Å². The maximum Gasteiger partial charge on any atom is 1.00 e. The molecule has 3 aromatic rings. The number of carbonyl (C=O) groups is 1. The summed E-state index contributed by atoms with van der Waals surface area (Å²) in [4.78, 5) is 17.2. The smallest absolute Gasteiger partial charge is 0.481 e. The summed E-state index contributed by atoms with van der Waals surface area (Å²) < 4.78 is 36.0. The molecule has 182 valence electrons. The maximum atomic E-state index is 13.0. The van der Waals surface area contributed by atoms with Crippen molar-refractivity contribution in [2.75, 3.05) is 12.4 Å². The number of urea groups is 1. The largest absolute Gasteiger partial charge is 1.00 e. The molecular weight excluding hydrogens is 489 g/mol. The van der Waals surface area contributed by atoms with Crippen LogP contribution >= 0.6 is 0 Å². The molecule has 2 saturated carbocycles. The Morgan fingerprint density at radius 3 is 2.64 bits per heavy atom. The van der Waals surface area contributed by atoms with Gasteiger partial charge in [0.1, 0.15) is 0 Å². The third kappa shape index (κ3) is 4.91. The number of pyridine rings is 1. The van der Waals surface area contributed by atoms with Crippen LogP contribution in [0.5, 0.6) is 5.88 Å². The Morgan fingerprint density at radius 2 is 1.92 bits per heavy atom. The summed E-state index contributed by atoms with van der Waals surface area (Å²) in [6, 6.07) is 6.52. The van der Waals surface area contributed by atoms with Gasteiger partial charge >= 0.3 is 29.6 Å². The monoisotopic (exact) mass is 515 g/mol. The fraction of sp³-hybridized carbons (Fsp3) is 0.400. The molecule has 6 rings (SSSR count). The normalized spacial score (nSPS) is 16.7. The standard InChI is InChI=1S/C25H27N5O4S.Na/c1-34-22-13-16(9-11-26-22)21-14-20(15-5-6-15)18-3-2-4-19(18)24(21)27-25(31)29-35(32,33)23-10-12-30(28-23)17-7-8-17;/h9-15,17H,2-8H2,1H3,(H2,26,27,29,31);/q;+1/p-1. The van der Waals surface area contributed by atoms with E-state index >= 15 is 0 Å². The topological polar surface area (TPSA) is 117 Å². The molecule has 36 heavy (non-hydrogen) atoms. The zero-order valence-electron chi connectivity index (χ0n) is 20.4. The van der Waals surface area contributed by atoms with Crippen molar-refractivity contribution in [2.45, 2.75) is 61.9 Å². The van der Waals surface area contributed by atoms with Gasteiger partial charge in [-0.2, -0.15) is 5.10 Å². The third-order valence-electron chi connectivity index (χ3n) is 6.91. The van der Waals surface area contributed by atoms with Gasteiger partial charge in [0, 0.05) is 18.5 Å². The quantitative estimate of drug-likeness (QED) is 0.481. The Labute approximate surface area is 232 Å². The van der Waals surface area contributed by atoms with Gasteiger partial charge in [-0.25, -0.2) is 13.4 Å². The van der Waals surface area contributed by atoms with Crippen LogP contribution in [0.2, 0.25) is 0 Å². The van der Waals surface area contributed by atoms with Crippen LogP contribution in [-0.2, 0) is 22.9 Å². The number of hydrogen-bond donors (Lipinski definition) is 1. The fourth-order valence-corrected chi connectivity index (χ4v) is 5.71. The van der Waals surface area contributed by atoms with Crippen molar-refractivity contribution in [3.63, 3.8) is 0 Å². The first-order valence-electron chi connectivity index (χ1n) is 12.0. The van der Waals surface area contributed by atoms with Crippen molar-refractivity contribution >= 4 is 21.7 Å².